The molecule has 1 aromatic rings. The molecule has 1 heterocycles. The molecule has 0 aromatic heterocycles. The van der Waals surface area contributed by atoms with E-state index in [0.717, 1.165) is 19.3 Å². The number of anilines is 1. The number of amidine groups is 1. The molecular weight excluding hydrogens is 276 g/mol. The number of nitrogens with two attached hydrogens (primary N) is 1. The predicted molar refractivity (Wildman–Crippen MR) is 77.7 cm³/mol. The molecule has 8 heteroatoms. The molecule has 1 saturated heterocycles. The van der Waals surface area contributed by atoms with Crippen LogP contribution in [-0.2, 0) is 0 Å². The number of benzene rings is 1. The van der Waals surface area contributed by atoms with Crippen LogP contribution in [0.2, 0.25) is 0 Å². The van der Waals surface area contributed by atoms with Crippen LogP contribution in [0, 0.1) is 10.1 Å². The number of nitrogens with zero attached hydrogens (tertiary/aromatic N) is 3. The van der Waals surface area contributed by atoms with E-state index < -0.39 is 4.92 Å². The number of piperidine rings is 1. The van der Waals surface area contributed by atoms with Gasteiger partial charge in [-0.1, -0.05) is 5.16 Å². The fourth-order valence-corrected chi connectivity index (χ4v) is 2.64. The van der Waals surface area contributed by atoms with Gasteiger partial charge in [-0.2, -0.15) is 0 Å². The minimum atomic E-state index is -0.494. The SMILES string of the molecule is NC(=NO)c1ccc(N2CCCCC2CO)c([N+](=O)[O-])c1. The largest absolute Gasteiger partial charge is 0.409 e. The van der Waals surface area contributed by atoms with Crippen LogP contribution in [0.4, 0.5) is 11.4 Å². The van der Waals surface area contributed by atoms with Crippen LogP contribution in [-0.4, -0.2) is 40.3 Å². The van der Waals surface area contributed by atoms with E-state index in [2.05, 4.69) is 5.16 Å². The zero-order valence-electron chi connectivity index (χ0n) is 11.5. The van der Waals surface area contributed by atoms with Crippen molar-refractivity contribution in [3.63, 3.8) is 0 Å². The minimum Gasteiger partial charge on any atom is -0.409 e. The zero-order valence-corrected chi connectivity index (χ0v) is 11.5. The van der Waals surface area contributed by atoms with Crippen LogP contribution in [0.25, 0.3) is 0 Å². The first kappa shape index (κ1) is 15.0. The molecule has 8 nitrogen and oxygen atoms in total. The molecule has 4 N–H and O–H groups in total. The number of hydrogen-bond donors (Lipinski definition) is 3. The number of nitro benzene ring substituents is 1. The molecule has 0 bridgehead atoms. The Morgan fingerprint density at radius 2 is 2.29 bits per heavy atom. The summed E-state index contributed by atoms with van der Waals surface area (Å²) in [5.41, 5.74) is 6.09. The van der Waals surface area contributed by atoms with Crippen LogP contribution in [0.1, 0.15) is 24.8 Å². The van der Waals surface area contributed by atoms with Gasteiger partial charge in [0.05, 0.1) is 17.6 Å². The Balaban J connectivity index is 2.45. The maximum atomic E-state index is 11.3. The van der Waals surface area contributed by atoms with E-state index in [0.29, 0.717) is 12.2 Å². The standard InChI is InChI=1S/C13H18N4O4/c14-13(15-19)9-4-5-11(12(7-9)17(20)21)16-6-2-1-3-10(16)8-18/h4-5,7,10,18-19H,1-3,6,8H2,(H2,14,15). The second-order valence-corrected chi connectivity index (χ2v) is 4.97. The lowest BCUT2D eigenvalue weighted by atomic mass is 10.0. The lowest BCUT2D eigenvalue weighted by Crippen LogP contribution is -2.42. The van der Waals surface area contributed by atoms with Crippen molar-refractivity contribution in [3.8, 4) is 0 Å². The van der Waals surface area contributed by atoms with Gasteiger partial charge in [-0.15, -0.1) is 0 Å². The number of hydrogen-bond acceptors (Lipinski definition) is 6. The monoisotopic (exact) mass is 294 g/mol. The molecule has 114 valence electrons. The van der Waals surface area contributed by atoms with E-state index in [9.17, 15) is 15.2 Å². The Kier molecular flexibility index (Phi) is 4.59. The Morgan fingerprint density at radius 3 is 2.90 bits per heavy atom. The molecule has 0 amide bonds. The van der Waals surface area contributed by atoms with E-state index in [4.69, 9.17) is 10.9 Å². The van der Waals surface area contributed by atoms with Gasteiger partial charge in [-0.3, -0.25) is 10.1 Å². The van der Waals surface area contributed by atoms with Crippen LogP contribution in [0.3, 0.4) is 0 Å². The third kappa shape index (κ3) is 3.05. The first-order valence-electron chi connectivity index (χ1n) is 6.72. The van der Waals surface area contributed by atoms with Gasteiger partial charge in [0.25, 0.3) is 5.69 Å². The van der Waals surface area contributed by atoms with Gasteiger partial charge in [0.1, 0.15) is 5.69 Å². The normalized spacial score (nSPS) is 19.6. The molecule has 0 saturated carbocycles. The molecule has 1 unspecified atom stereocenters. The molecular formula is C13H18N4O4. The van der Waals surface area contributed by atoms with Crippen molar-refractivity contribution < 1.29 is 15.2 Å². The van der Waals surface area contributed by atoms with Crippen LogP contribution in [0.15, 0.2) is 23.4 Å². The summed E-state index contributed by atoms with van der Waals surface area (Å²) in [6.07, 6.45) is 2.73. The smallest absolute Gasteiger partial charge is 0.293 e. The summed E-state index contributed by atoms with van der Waals surface area (Å²) in [6.45, 7) is 0.619. The third-order valence-corrected chi connectivity index (χ3v) is 3.72. The van der Waals surface area contributed by atoms with Gasteiger partial charge in [-0.05, 0) is 31.4 Å². The summed E-state index contributed by atoms with van der Waals surface area (Å²) in [6, 6.07) is 4.32. The molecule has 1 atom stereocenters. The number of aliphatic hydroxyl groups is 1. The molecule has 2 rings (SSSR count). The van der Waals surface area contributed by atoms with Gasteiger partial charge < -0.3 is 20.9 Å². The lowest BCUT2D eigenvalue weighted by molar-refractivity contribution is -0.384. The number of aliphatic hydroxyl groups excluding tert-OH is 1. The number of rotatable bonds is 4. The Labute approximate surface area is 121 Å². The first-order chi connectivity index (χ1) is 10.1. The maximum absolute atomic E-state index is 11.3. The van der Waals surface area contributed by atoms with E-state index in [1.807, 2.05) is 4.90 Å². The summed E-state index contributed by atoms with van der Waals surface area (Å²) in [5.74, 6) is -0.179. The first-order valence-corrected chi connectivity index (χ1v) is 6.72. The molecule has 1 fully saturated rings. The zero-order chi connectivity index (χ0) is 15.4. The topological polar surface area (TPSA) is 125 Å². The van der Waals surface area contributed by atoms with Gasteiger partial charge in [-0.25, -0.2) is 0 Å². The third-order valence-electron chi connectivity index (χ3n) is 3.72. The van der Waals surface area contributed by atoms with Crippen molar-refractivity contribution >= 4 is 17.2 Å². The average Bonchev–Trinajstić information content (AvgIpc) is 2.53. The highest BCUT2D eigenvalue weighted by molar-refractivity contribution is 5.98. The summed E-state index contributed by atoms with van der Waals surface area (Å²) in [4.78, 5) is 12.7. The second-order valence-electron chi connectivity index (χ2n) is 4.97. The van der Waals surface area contributed by atoms with E-state index in [1.54, 1.807) is 12.1 Å². The predicted octanol–water partition coefficient (Wildman–Crippen LogP) is 1.04. The van der Waals surface area contributed by atoms with Gasteiger partial charge in [0.2, 0.25) is 0 Å². The molecule has 21 heavy (non-hydrogen) atoms. The molecule has 1 aliphatic heterocycles. The van der Waals surface area contributed by atoms with E-state index >= 15 is 0 Å². The summed E-state index contributed by atoms with van der Waals surface area (Å²) in [7, 11) is 0. The fraction of sp³-hybridized carbons (Fsp3) is 0.462. The van der Waals surface area contributed by atoms with Crippen molar-refractivity contribution in [1.82, 2.24) is 0 Å². The minimum absolute atomic E-state index is 0.0425. The molecule has 1 aromatic carbocycles. The van der Waals surface area contributed by atoms with E-state index in [-0.39, 0.29) is 29.7 Å². The van der Waals surface area contributed by atoms with Crippen LogP contribution >= 0.6 is 0 Å². The molecule has 0 radical (unpaired) electrons. The Hall–Kier alpha value is -2.35. The Morgan fingerprint density at radius 1 is 1.52 bits per heavy atom. The van der Waals surface area contributed by atoms with Gasteiger partial charge >= 0.3 is 0 Å². The average molecular weight is 294 g/mol. The van der Waals surface area contributed by atoms with E-state index in [1.165, 1.54) is 6.07 Å². The van der Waals surface area contributed by atoms with Crippen LogP contribution in [0.5, 0.6) is 0 Å². The number of oxime groups is 1. The van der Waals surface area contributed by atoms with Gasteiger partial charge in [0, 0.05) is 18.2 Å². The fourth-order valence-electron chi connectivity index (χ4n) is 2.64. The lowest BCUT2D eigenvalue weighted by Gasteiger charge is -2.36. The molecule has 1 aliphatic rings. The van der Waals surface area contributed by atoms with Crippen molar-refractivity contribution in [3.05, 3.63) is 33.9 Å². The second kappa shape index (κ2) is 6.40. The van der Waals surface area contributed by atoms with Crippen LogP contribution < -0.4 is 10.6 Å². The van der Waals surface area contributed by atoms with Crippen molar-refractivity contribution in [2.24, 2.45) is 10.9 Å². The highest BCUT2D eigenvalue weighted by atomic mass is 16.6. The van der Waals surface area contributed by atoms with Crippen molar-refractivity contribution in [1.29, 1.82) is 0 Å². The molecule has 0 spiro atoms. The van der Waals surface area contributed by atoms with Crippen molar-refractivity contribution in [2.45, 2.75) is 25.3 Å². The quantitative estimate of drug-likeness (QED) is 0.250. The van der Waals surface area contributed by atoms with Gasteiger partial charge in [0.15, 0.2) is 5.84 Å². The summed E-state index contributed by atoms with van der Waals surface area (Å²) in [5, 5.41) is 32.3. The summed E-state index contributed by atoms with van der Waals surface area (Å²) < 4.78 is 0. The highest BCUT2D eigenvalue weighted by Crippen LogP contribution is 2.33. The number of nitro groups is 1. The molecule has 0 aliphatic carbocycles. The highest BCUT2D eigenvalue weighted by Gasteiger charge is 2.28. The maximum Gasteiger partial charge on any atom is 0.293 e. The van der Waals surface area contributed by atoms with Crippen molar-refractivity contribution in [2.75, 3.05) is 18.1 Å². The summed E-state index contributed by atoms with van der Waals surface area (Å²) >= 11 is 0. The Bertz CT molecular complexity index is 561.